The maximum atomic E-state index is 10.8. The Hall–Kier alpha value is -2.57. The fourth-order valence-electron chi connectivity index (χ4n) is 2.01. The van der Waals surface area contributed by atoms with Crippen LogP contribution in [0.25, 0.3) is 11.1 Å². The van der Waals surface area contributed by atoms with Crippen LogP contribution in [-0.2, 0) is 4.57 Å². The first-order valence-electron chi connectivity index (χ1n) is 7.11. The average molecular weight is 321 g/mol. The molecule has 0 aliphatic rings. The Bertz CT molecular complexity index is 697. The molecule has 0 spiro atoms. The maximum absolute atomic E-state index is 10.8. The minimum atomic E-state index is 0.735. The second-order valence-corrected chi connectivity index (χ2v) is 4.73. The molecule has 0 amide bonds. The Morgan fingerprint density at radius 2 is 1.17 bits per heavy atom. The molecule has 0 N–H and O–H groups in total. The van der Waals surface area contributed by atoms with Gasteiger partial charge in [0.05, 0.1) is 0 Å². The topological polar surface area (TPSA) is 34.1 Å². The van der Waals surface area contributed by atoms with E-state index >= 15 is 0 Å². The van der Waals surface area contributed by atoms with Crippen molar-refractivity contribution in [3.05, 3.63) is 96.1 Å². The molecule has 0 aromatic heterocycles. The molecular formula is C20H18O2P. The average Bonchev–Trinajstić information content (AvgIpc) is 2.65. The summed E-state index contributed by atoms with van der Waals surface area (Å²) < 4.78 is 7.94. The summed E-state index contributed by atoms with van der Waals surface area (Å²) in [7, 11) is 2.28. The van der Waals surface area contributed by atoms with Crippen molar-refractivity contribution in [3.8, 4) is 11.1 Å². The van der Waals surface area contributed by atoms with Crippen LogP contribution >= 0.6 is 9.12 Å². The second-order valence-electron chi connectivity index (χ2n) is 4.73. The molecule has 115 valence electrons. The van der Waals surface area contributed by atoms with Crippen LogP contribution in [0.1, 0.15) is 15.9 Å². The molecule has 0 heterocycles. The summed E-state index contributed by atoms with van der Waals surface area (Å²) in [6.45, 7) is 2.08. The molecule has 0 aliphatic heterocycles. The van der Waals surface area contributed by atoms with Gasteiger partial charge in [0.1, 0.15) is 0 Å². The van der Waals surface area contributed by atoms with Crippen LogP contribution in [0.4, 0.5) is 0 Å². The van der Waals surface area contributed by atoms with E-state index in [4.69, 9.17) is 4.57 Å². The lowest BCUT2D eigenvalue weighted by atomic mass is 10.0. The molecular weight excluding hydrogens is 303 g/mol. The maximum Gasteiger partial charge on any atom is 0.261 e. The van der Waals surface area contributed by atoms with Gasteiger partial charge in [-0.2, -0.15) is 0 Å². The van der Waals surface area contributed by atoms with Crippen molar-refractivity contribution in [2.45, 2.75) is 6.92 Å². The largest absolute Gasteiger partial charge is 0.298 e. The van der Waals surface area contributed by atoms with Crippen molar-refractivity contribution in [3.63, 3.8) is 0 Å². The number of hydrogen-bond donors (Lipinski definition) is 0. The smallest absolute Gasteiger partial charge is 0.261 e. The van der Waals surface area contributed by atoms with Crippen molar-refractivity contribution < 1.29 is 9.36 Å². The highest BCUT2D eigenvalue weighted by atomic mass is 31.0. The van der Waals surface area contributed by atoms with E-state index in [1.165, 1.54) is 5.56 Å². The first-order chi connectivity index (χ1) is 11.3. The van der Waals surface area contributed by atoms with Crippen LogP contribution in [0.5, 0.6) is 0 Å². The van der Waals surface area contributed by atoms with Gasteiger partial charge in [-0.05, 0) is 18.1 Å². The number of hydrogen-bond acceptors (Lipinski definition) is 2. The molecule has 0 saturated carbocycles. The molecule has 0 fully saturated rings. The van der Waals surface area contributed by atoms with Gasteiger partial charge < -0.3 is 0 Å². The molecule has 3 rings (SSSR count). The Balaban J connectivity index is 0.000000247. The van der Waals surface area contributed by atoms with E-state index in [-0.39, 0.29) is 0 Å². The van der Waals surface area contributed by atoms with Crippen molar-refractivity contribution >= 4 is 15.4 Å². The van der Waals surface area contributed by atoms with E-state index in [1.54, 1.807) is 0 Å². The van der Waals surface area contributed by atoms with Gasteiger partial charge in [-0.25, -0.2) is 0 Å². The Morgan fingerprint density at radius 1 is 0.696 bits per heavy atom. The van der Waals surface area contributed by atoms with E-state index in [2.05, 4.69) is 28.2 Å². The fourth-order valence-corrected chi connectivity index (χ4v) is 2.01. The van der Waals surface area contributed by atoms with Crippen LogP contribution in [0, 0.1) is 6.92 Å². The van der Waals surface area contributed by atoms with E-state index in [1.807, 2.05) is 72.8 Å². The second kappa shape index (κ2) is 11.1. The summed E-state index contributed by atoms with van der Waals surface area (Å²) in [5.74, 6) is 0. The number of rotatable bonds is 2. The predicted octanol–water partition coefficient (Wildman–Crippen LogP) is 5.90. The quantitative estimate of drug-likeness (QED) is 0.435. The molecule has 3 aromatic rings. The summed E-state index contributed by atoms with van der Waals surface area (Å²) in [4.78, 5) is 10.8. The third-order valence-electron chi connectivity index (χ3n) is 3.11. The van der Waals surface area contributed by atoms with Gasteiger partial charge in [-0.15, -0.1) is 0 Å². The molecule has 0 atom stereocenters. The Kier molecular flexibility index (Phi) is 8.88. The van der Waals surface area contributed by atoms with Gasteiger partial charge in [-0.1, -0.05) is 90.5 Å². The van der Waals surface area contributed by atoms with Gasteiger partial charge >= 0.3 is 0 Å². The molecule has 23 heavy (non-hydrogen) atoms. The van der Waals surface area contributed by atoms with Crippen molar-refractivity contribution in [2.75, 3.05) is 0 Å². The standard InChI is InChI=1S/C13H10O.C7H8.OP/c14-10-12-8-4-5-9-13(12)11-6-2-1-3-7-11;1-7-5-3-2-4-6-7;1-2/h1-10H;2-6H,1H3;. The minimum Gasteiger partial charge on any atom is -0.298 e. The van der Waals surface area contributed by atoms with E-state index < -0.39 is 0 Å². The van der Waals surface area contributed by atoms with Crippen LogP contribution < -0.4 is 0 Å². The van der Waals surface area contributed by atoms with Gasteiger partial charge in [0.15, 0.2) is 6.29 Å². The highest BCUT2D eigenvalue weighted by molar-refractivity contribution is 7.00. The van der Waals surface area contributed by atoms with Gasteiger partial charge in [-0.3, -0.25) is 9.36 Å². The van der Waals surface area contributed by atoms with Gasteiger partial charge in [0.2, 0.25) is 0 Å². The van der Waals surface area contributed by atoms with E-state index in [0.29, 0.717) is 0 Å². The highest BCUT2D eigenvalue weighted by Crippen LogP contribution is 2.21. The van der Waals surface area contributed by atoms with Crippen LogP contribution in [0.3, 0.4) is 0 Å². The van der Waals surface area contributed by atoms with Crippen molar-refractivity contribution in [2.24, 2.45) is 0 Å². The van der Waals surface area contributed by atoms with Gasteiger partial charge in [0, 0.05) is 5.56 Å². The minimum absolute atomic E-state index is 0.735. The monoisotopic (exact) mass is 321 g/mol. The summed E-state index contributed by atoms with van der Waals surface area (Å²) in [6.07, 6.45) is 0.891. The first kappa shape index (κ1) is 18.5. The van der Waals surface area contributed by atoms with Crippen LogP contribution in [0.15, 0.2) is 84.9 Å². The molecule has 2 nitrogen and oxygen atoms in total. The molecule has 3 aromatic carbocycles. The molecule has 1 radical (unpaired) electrons. The first-order valence-corrected chi connectivity index (χ1v) is 7.47. The lowest BCUT2D eigenvalue weighted by Gasteiger charge is -2.03. The van der Waals surface area contributed by atoms with Crippen molar-refractivity contribution in [1.29, 1.82) is 0 Å². The normalized spacial score (nSPS) is 8.74. The van der Waals surface area contributed by atoms with Crippen LogP contribution in [0.2, 0.25) is 0 Å². The third-order valence-corrected chi connectivity index (χ3v) is 3.11. The predicted molar refractivity (Wildman–Crippen MR) is 96.1 cm³/mol. The number of aldehydes is 1. The van der Waals surface area contributed by atoms with Crippen LogP contribution in [-0.4, -0.2) is 6.29 Å². The summed E-state index contributed by atoms with van der Waals surface area (Å²) in [6, 6.07) is 27.8. The zero-order chi connectivity index (χ0) is 16.9. The molecule has 3 heteroatoms. The Morgan fingerprint density at radius 3 is 1.65 bits per heavy atom. The zero-order valence-corrected chi connectivity index (χ0v) is 13.8. The number of benzene rings is 3. The van der Waals surface area contributed by atoms with E-state index in [9.17, 15) is 4.79 Å². The number of carbonyl (C=O) groups excluding carboxylic acids is 1. The summed E-state index contributed by atoms with van der Waals surface area (Å²) in [5, 5.41) is 0. The number of aryl methyl sites for hydroxylation is 1. The van der Waals surface area contributed by atoms with Gasteiger partial charge in [0.25, 0.3) is 9.12 Å². The highest BCUT2D eigenvalue weighted by Gasteiger charge is 2.01. The Labute approximate surface area is 139 Å². The summed E-state index contributed by atoms with van der Waals surface area (Å²) >= 11 is 0. The fraction of sp³-hybridized carbons (Fsp3) is 0.0500. The molecule has 0 bridgehead atoms. The number of carbonyl (C=O) groups is 1. The summed E-state index contributed by atoms with van der Waals surface area (Å²) in [5.41, 5.74) is 4.12. The SMILES string of the molecule is Cc1ccccc1.O=Cc1ccccc1-c1ccccc1.O=[P]. The molecule has 0 aliphatic carbocycles. The van der Waals surface area contributed by atoms with Crippen molar-refractivity contribution in [1.82, 2.24) is 0 Å². The molecule has 0 unspecified atom stereocenters. The zero-order valence-electron chi connectivity index (χ0n) is 12.9. The lowest BCUT2D eigenvalue weighted by molar-refractivity contribution is 0.112. The molecule has 0 saturated heterocycles. The lowest BCUT2D eigenvalue weighted by Crippen LogP contribution is -1.85. The third kappa shape index (κ3) is 6.37. The van der Waals surface area contributed by atoms with E-state index in [0.717, 1.165) is 23.0 Å².